The van der Waals surface area contributed by atoms with Gasteiger partial charge in [0.15, 0.2) is 5.75 Å². The monoisotopic (exact) mass is 466 g/mol. The van der Waals surface area contributed by atoms with Crippen molar-refractivity contribution in [2.45, 2.75) is 44.7 Å². The molecule has 4 rings (SSSR count). The standard InChI is InChI=1S/C25H27FN4O4/c1-3-23(31)29-16-6-7-17(12-16)30(2)24(32)15-4-8-18(20(26)11-15)14-5-9-21-19(10-14)22(13-28-21)34-25(27)33/h4-5,8-11,13,16-17,28H,3,6-7,12H2,1-2H3,(H2,27,33)(H,29,31)/t16-,17+/m0/s1. The smallest absolute Gasteiger partial charge is 0.408 e. The molecule has 1 aromatic heterocycles. The molecule has 0 radical (unpaired) electrons. The second-order valence-corrected chi connectivity index (χ2v) is 8.53. The fraction of sp³-hybridized carbons (Fsp3) is 0.320. The molecule has 8 nitrogen and oxygen atoms in total. The predicted octanol–water partition coefficient (Wildman–Crippen LogP) is 3.95. The van der Waals surface area contributed by atoms with Gasteiger partial charge in [-0.1, -0.05) is 19.1 Å². The molecule has 2 atom stereocenters. The average molecular weight is 467 g/mol. The van der Waals surface area contributed by atoms with E-state index in [4.69, 9.17) is 10.5 Å². The Morgan fingerprint density at radius 2 is 2.00 bits per heavy atom. The van der Waals surface area contributed by atoms with E-state index in [2.05, 4.69) is 10.3 Å². The number of carbonyl (C=O) groups excluding carboxylic acids is 3. The third kappa shape index (κ3) is 4.73. The van der Waals surface area contributed by atoms with E-state index in [1.54, 1.807) is 49.2 Å². The van der Waals surface area contributed by atoms with E-state index >= 15 is 4.39 Å². The minimum Gasteiger partial charge on any atom is -0.408 e. The molecule has 1 fully saturated rings. The molecule has 34 heavy (non-hydrogen) atoms. The molecule has 2 aromatic carbocycles. The molecule has 0 bridgehead atoms. The van der Waals surface area contributed by atoms with Crippen molar-refractivity contribution in [3.05, 3.63) is 54.0 Å². The lowest BCUT2D eigenvalue weighted by Gasteiger charge is -2.25. The number of amides is 3. The summed E-state index contributed by atoms with van der Waals surface area (Å²) in [5, 5.41) is 3.56. The number of fused-ring (bicyclic) bond motifs is 1. The zero-order valence-electron chi connectivity index (χ0n) is 19.1. The van der Waals surface area contributed by atoms with Gasteiger partial charge in [0.05, 0.1) is 0 Å². The van der Waals surface area contributed by atoms with Crippen LogP contribution in [0.1, 0.15) is 43.0 Å². The highest BCUT2D eigenvalue weighted by molar-refractivity contribution is 5.96. The van der Waals surface area contributed by atoms with E-state index < -0.39 is 11.9 Å². The first-order valence-electron chi connectivity index (χ1n) is 11.2. The predicted molar refractivity (Wildman–Crippen MR) is 126 cm³/mol. The first-order chi connectivity index (χ1) is 16.3. The summed E-state index contributed by atoms with van der Waals surface area (Å²) in [5.74, 6) is -0.547. The average Bonchev–Trinajstić information content (AvgIpc) is 3.44. The SMILES string of the molecule is CCC(=O)N[C@H]1CC[C@@H](N(C)C(=O)c2ccc(-c3ccc4[nH]cc(OC(N)=O)c4c3)c(F)c2)C1. The Morgan fingerprint density at radius 3 is 2.71 bits per heavy atom. The van der Waals surface area contributed by atoms with Gasteiger partial charge in [0, 0.05) is 53.8 Å². The van der Waals surface area contributed by atoms with Gasteiger partial charge in [-0.25, -0.2) is 9.18 Å². The fourth-order valence-corrected chi connectivity index (χ4v) is 4.48. The van der Waals surface area contributed by atoms with Gasteiger partial charge in [-0.3, -0.25) is 9.59 Å². The molecule has 1 aliphatic rings. The topological polar surface area (TPSA) is 118 Å². The molecule has 0 aliphatic heterocycles. The molecule has 1 saturated carbocycles. The number of hydrogen-bond acceptors (Lipinski definition) is 4. The van der Waals surface area contributed by atoms with E-state index in [0.29, 0.717) is 34.9 Å². The molecule has 0 saturated heterocycles. The summed E-state index contributed by atoms with van der Waals surface area (Å²) in [4.78, 5) is 40.4. The van der Waals surface area contributed by atoms with Crippen LogP contribution >= 0.6 is 0 Å². The van der Waals surface area contributed by atoms with Gasteiger partial charge in [-0.05, 0) is 49.1 Å². The lowest BCUT2D eigenvalue weighted by atomic mass is 10.0. The Kier molecular flexibility index (Phi) is 6.54. The van der Waals surface area contributed by atoms with E-state index in [1.165, 1.54) is 12.3 Å². The number of primary amides is 1. The van der Waals surface area contributed by atoms with E-state index in [0.717, 1.165) is 12.8 Å². The van der Waals surface area contributed by atoms with Crippen molar-refractivity contribution in [2.75, 3.05) is 7.05 Å². The number of benzene rings is 2. The van der Waals surface area contributed by atoms with Crippen LogP contribution in [0.25, 0.3) is 22.0 Å². The van der Waals surface area contributed by atoms with Crippen molar-refractivity contribution in [1.82, 2.24) is 15.2 Å². The second-order valence-electron chi connectivity index (χ2n) is 8.53. The van der Waals surface area contributed by atoms with Crippen LogP contribution in [0.2, 0.25) is 0 Å². The summed E-state index contributed by atoms with van der Waals surface area (Å²) >= 11 is 0. The molecule has 3 aromatic rings. The van der Waals surface area contributed by atoms with Gasteiger partial charge in [0.2, 0.25) is 5.91 Å². The maximum atomic E-state index is 15.1. The van der Waals surface area contributed by atoms with Gasteiger partial charge >= 0.3 is 6.09 Å². The summed E-state index contributed by atoms with van der Waals surface area (Å²) in [6.45, 7) is 1.81. The summed E-state index contributed by atoms with van der Waals surface area (Å²) in [6, 6.07) is 9.63. The largest absolute Gasteiger partial charge is 0.410 e. The number of nitrogens with zero attached hydrogens (tertiary/aromatic N) is 1. The number of nitrogens with two attached hydrogens (primary N) is 1. The number of H-pyrrole nitrogens is 1. The summed E-state index contributed by atoms with van der Waals surface area (Å²) in [5.41, 5.74) is 6.95. The lowest BCUT2D eigenvalue weighted by Crippen LogP contribution is -2.38. The summed E-state index contributed by atoms with van der Waals surface area (Å²) in [7, 11) is 1.71. The van der Waals surface area contributed by atoms with Crippen LogP contribution in [-0.4, -0.2) is 46.9 Å². The number of hydrogen-bond donors (Lipinski definition) is 3. The van der Waals surface area contributed by atoms with E-state index in [1.807, 2.05) is 0 Å². The highest BCUT2D eigenvalue weighted by Crippen LogP contribution is 2.32. The zero-order valence-corrected chi connectivity index (χ0v) is 19.1. The maximum Gasteiger partial charge on any atom is 0.410 e. The van der Waals surface area contributed by atoms with Crippen LogP contribution in [0.3, 0.4) is 0 Å². The van der Waals surface area contributed by atoms with Gasteiger partial charge < -0.3 is 25.7 Å². The van der Waals surface area contributed by atoms with Gasteiger partial charge in [0.25, 0.3) is 5.91 Å². The van der Waals surface area contributed by atoms with Crippen LogP contribution in [-0.2, 0) is 4.79 Å². The zero-order chi connectivity index (χ0) is 24.4. The van der Waals surface area contributed by atoms with Crippen LogP contribution < -0.4 is 15.8 Å². The highest BCUT2D eigenvalue weighted by atomic mass is 19.1. The van der Waals surface area contributed by atoms with Gasteiger partial charge in [-0.2, -0.15) is 0 Å². The molecular weight excluding hydrogens is 439 g/mol. The minimum absolute atomic E-state index is 0.00317. The highest BCUT2D eigenvalue weighted by Gasteiger charge is 2.31. The minimum atomic E-state index is -0.939. The molecular formula is C25H27FN4O4. The van der Waals surface area contributed by atoms with Crippen molar-refractivity contribution in [1.29, 1.82) is 0 Å². The Morgan fingerprint density at radius 1 is 1.21 bits per heavy atom. The molecule has 9 heteroatoms. The maximum absolute atomic E-state index is 15.1. The molecule has 1 aliphatic carbocycles. The molecule has 1 heterocycles. The number of nitrogens with one attached hydrogen (secondary N) is 2. The molecule has 178 valence electrons. The van der Waals surface area contributed by atoms with Crippen LogP contribution in [0.4, 0.5) is 9.18 Å². The number of aromatic amines is 1. The third-order valence-electron chi connectivity index (χ3n) is 6.34. The number of halogens is 1. The second kappa shape index (κ2) is 9.54. The number of aromatic nitrogens is 1. The van der Waals surface area contributed by atoms with Crippen LogP contribution in [0.15, 0.2) is 42.6 Å². The Bertz CT molecular complexity index is 1250. The number of ether oxygens (including phenoxy) is 1. The third-order valence-corrected chi connectivity index (χ3v) is 6.34. The first kappa shape index (κ1) is 23.3. The molecule has 0 spiro atoms. The fourth-order valence-electron chi connectivity index (χ4n) is 4.48. The van der Waals surface area contributed by atoms with Gasteiger partial charge in [0.1, 0.15) is 5.82 Å². The molecule has 0 unspecified atom stereocenters. The first-order valence-corrected chi connectivity index (χ1v) is 11.2. The number of carbonyl (C=O) groups is 3. The van der Waals surface area contributed by atoms with Crippen LogP contribution in [0, 0.1) is 5.82 Å². The van der Waals surface area contributed by atoms with Crippen molar-refractivity contribution in [3.63, 3.8) is 0 Å². The Labute approximate surface area is 196 Å². The summed E-state index contributed by atoms with van der Waals surface area (Å²) < 4.78 is 20.1. The van der Waals surface area contributed by atoms with Crippen molar-refractivity contribution in [2.24, 2.45) is 5.73 Å². The van der Waals surface area contributed by atoms with E-state index in [9.17, 15) is 14.4 Å². The Balaban J connectivity index is 1.51. The lowest BCUT2D eigenvalue weighted by molar-refractivity contribution is -0.121. The quantitative estimate of drug-likeness (QED) is 0.510. The van der Waals surface area contributed by atoms with Gasteiger partial charge in [-0.15, -0.1) is 0 Å². The normalized spacial score (nSPS) is 17.5. The van der Waals surface area contributed by atoms with E-state index in [-0.39, 0.29) is 35.2 Å². The van der Waals surface area contributed by atoms with Crippen LogP contribution in [0.5, 0.6) is 5.75 Å². The van der Waals surface area contributed by atoms with Crippen molar-refractivity contribution < 1.29 is 23.5 Å². The molecule has 3 amide bonds. The van der Waals surface area contributed by atoms with Crippen molar-refractivity contribution >= 4 is 28.8 Å². The number of rotatable bonds is 6. The summed E-state index contributed by atoms with van der Waals surface area (Å²) in [6.07, 6.45) is 3.27. The van der Waals surface area contributed by atoms with Crippen molar-refractivity contribution in [3.8, 4) is 16.9 Å². The molecule has 4 N–H and O–H groups in total. The Hall–Kier alpha value is -3.88.